The summed E-state index contributed by atoms with van der Waals surface area (Å²) < 4.78 is 17.6. The van der Waals surface area contributed by atoms with Crippen molar-refractivity contribution in [3.8, 4) is 17.2 Å². The molecule has 0 spiro atoms. The molecule has 0 fully saturated rings. The molecular weight excluding hydrogens is 478 g/mol. The lowest BCUT2D eigenvalue weighted by atomic mass is 9.75. The quantitative estimate of drug-likeness (QED) is 0.490. The molecule has 186 valence electrons. The minimum absolute atomic E-state index is 0.0280. The number of rotatable bonds is 6. The summed E-state index contributed by atoms with van der Waals surface area (Å²) in [7, 11) is 4.63. The van der Waals surface area contributed by atoms with Gasteiger partial charge in [-0.1, -0.05) is 23.5 Å². The fourth-order valence-electron chi connectivity index (χ4n) is 4.98. The van der Waals surface area contributed by atoms with Gasteiger partial charge < -0.3 is 19.5 Å². The molecule has 2 aromatic carbocycles. The monoisotopic (exact) mass is 505 g/mol. The Hall–Kier alpha value is -3.85. The summed E-state index contributed by atoms with van der Waals surface area (Å²) in [6, 6.07) is 11.3. The van der Waals surface area contributed by atoms with Crippen LogP contribution in [0, 0.1) is 0 Å². The average molecular weight is 506 g/mol. The van der Waals surface area contributed by atoms with Gasteiger partial charge in [0.25, 0.3) is 5.91 Å². The van der Waals surface area contributed by atoms with Crippen LogP contribution < -0.4 is 24.8 Å². The van der Waals surface area contributed by atoms with Crippen LogP contribution in [0.2, 0.25) is 0 Å². The van der Waals surface area contributed by atoms with E-state index in [0.717, 1.165) is 28.8 Å². The number of anilines is 1. The van der Waals surface area contributed by atoms with Gasteiger partial charge in [-0.15, -0.1) is 0 Å². The van der Waals surface area contributed by atoms with Gasteiger partial charge in [0.2, 0.25) is 5.75 Å². The molecule has 0 bridgehead atoms. The number of ketones is 1. The van der Waals surface area contributed by atoms with Crippen molar-refractivity contribution in [3.63, 3.8) is 0 Å². The number of aromatic nitrogens is 1. The van der Waals surface area contributed by atoms with Crippen molar-refractivity contribution in [2.24, 2.45) is 0 Å². The summed E-state index contributed by atoms with van der Waals surface area (Å²) in [5, 5.41) is 6.82. The van der Waals surface area contributed by atoms with E-state index >= 15 is 0 Å². The molecule has 0 saturated carbocycles. The Morgan fingerprint density at radius 2 is 1.81 bits per heavy atom. The number of Topliss-reactive ketones (excluding diaryl/α,β-unsaturated/α-hetero) is 1. The third kappa shape index (κ3) is 4.09. The van der Waals surface area contributed by atoms with E-state index < -0.39 is 5.92 Å². The second-order valence-electron chi connectivity index (χ2n) is 8.67. The maximum atomic E-state index is 13.8. The Labute approximate surface area is 213 Å². The van der Waals surface area contributed by atoms with Crippen molar-refractivity contribution in [2.75, 3.05) is 26.6 Å². The number of methoxy groups -OCH3 is 3. The second-order valence-corrected chi connectivity index (χ2v) is 9.70. The summed E-state index contributed by atoms with van der Waals surface area (Å²) in [5.74, 6) is 0.474. The van der Waals surface area contributed by atoms with Crippen LogP contribution in [0.3, 0.4) is 0 Å². The maximum absolute atomic E-state index is 13.8. The number of ether oxygens (including phenoxy) is 3. The zero-order valence-corrected chi connectivity index (χ0v) is 21.4. The number of nitrogens with zero attached hydrogens (tertiary/aromatic N) is 1. The number of carbonyl (C=O) groups is 2. The van der Waals surface area contributed by atoms with E-state index in [-0.39, 0.29) is 11.7 Å². The third-order valence-corrected chi connectivity index (χ3v) is 7.51. The lowest BCUT2D eigenvalue weighted by Crippen LogP contribution is -2.35. The van der Waals surface area contributed by atoms with Crippen molar-refractivity contribution in [1.82, 2.24) is 10.3 Å². The average Bonchev–Trinajstić information content (AvgIpc) is 3.29. The normalized spacial score (nSPS) is 17.6. The first-order valence-electron chi connectivity index (χ1n) is 11.7. The zero-order chi connectivity index (χ0) is 25.4. The number of carbonyl (C=O) groups excluding carboxylic acids is 2. The van der Waals surface area contributed by atoms with E-state index in [9.17, 15) is 9.59 Å². The van der Waals surface area contributed by atoms with Crippen molar-refractivity contribution in [3.05, 3.63) is 64.5 Å². The largest absolute Gasteiger partial charge is 0.493 e. The van der Waals surface area contributed by atoms with Crippen LogP contribution >= 0.6 is 11.3 Å². The highest BCUT2D eigenvalue weighted by molar-refractivity contribution is 7.22. The number of amides is 1. The van der Waals surface area contributed by atoms with Crippen LogP contribution in [0.25, 0.3) is 10.2 Å². The molecule has 0 saturated heterocycles. The van der Waals surface area contributed by atoms with Gasteiger partial charge in [0.15, 0.2) is 22.4 Å². The third-order valence-electron chi connectivity index (χ3n) is 6.56. The minimum Gasteiger partial charge on any atom is -0.493 e. The number of allylic oxidation sites excluding steroid dienone is 3. The van der Waals surface area contributed by atoms with E-state index in [1.54, 1.807) is 14.2 Å². The highest BCUT2D eigenvalue weighted by Crippen LogP contribution is 2.47. The van der Waals surface area contributed by atoms with Gasteiger partial charge in [-0.05, 0) is 49.6 Å². The van der Waals surface area contributed by atoms with Crippen LogP contribution in [-0.2, 0) is 9.59 Å². The standard InChI is InChI=1S/C27H27N3O5S/c1-14-22(26(32)30-27-29-16-8-5-6-11-21(16)36-27)23(24-17(28-14)9-7-10-18(24)31)15-12-19(33-2)25(35-4)20(13-15)34-3/h5-6,8,11-13,23,28H,7,9-10H2,1-4H3,(H,29,30,32)/t23-/m0/s1. The first kappa shape index (κ1) is 23.9. The highest BCUT2D eigenvalue weighted by atomic mass is 32.1. The van der Waals surface area contributed by atoms with Gasteiger partial charge in [0.1, 0.15) is 0 Å². The summed E-state index contributed by atoms with van der Waals surface area (Å²) >= 11 is 1.41. The Morgan fingerprint density at radius 1 is 1.08 bits per heavy atom. The molecule has 1 aliphatic heterocycles. The summed E-state index contributed by atoms with van der Waals surface area (Å²) in [6.07, 6.45) is 1.95. The van der Waals surface area contributed by atoms with Gasteiger partial charge in [-0.2, -0.15) is 0 Å². The Bertz CT molecular complexity index is 1380. The number of dihydropyridines is 1. The van der Waals surface area contributed by atoms with Gasteiger partial charge in [0, 0.05) is 34.9 Å². The predicted octanol–water partition coefficient (Wildman–Crippen LogP) is 4.93. The first-order chi connectivity index (χ1) is 17.4. The molecule has 36 heavy (non-hydrogen) atoms. The Balaban J connectivity index is 1.63. The lowest BCUT2D eigenvalue weighted by molar-refractivity contribution is -0.116. The van der Waals surface area contributed by atoms with Gasteiger partial charge in [0.05, 0.1) is 31.5 Å². The van der Waals surface area contributed by atoms with Crippen LogP contribution in [-0.4, -0.2) is 38.0 Å². The topological polar surface area (TPSA) is 98.8 Å². The first-order valence-corrected chi connectivity index (χ1v) is 12.5. The number of thiazole rings is 1. The number of para-hydroxylation sites is 1. The molecule has 1 amide bonds. The molecule has 0 unspecified atom stereocenters. The molecule has 5 rings (SSSR count). The molecule has 1 aliphatic carbocycles. The van der Waals surface area contributed by atoms with Crippen molar-refractivity contribution in [2.45, 2.75) is 32.1 Å². The maximum Gasteiger partial charge on any atom is 0.256 e. The van der Waals surface area contributed by atoms with Crippen molar-refractivity contribution in [1.29, 1.82) is 0 Å². The number of nitrogens with one attached hydrogen (secondary N) is 2. The highest BCUT2D eigenvalue weighted by Gasteiger charge is 2.39. The van der Waals surface area contributed by atoms with Crippen LogP contribution in [0.1, 0.15) is 37.7 Å². The molecule has 9 heteroatoms. The minimum atomic E-state index is -0.600. The molecule has 1 aromatic heterocycles. The van der Waals surface area contributed by atoms with Crippen molar-refractivity contribution >= 4 is 38.4 Å². The molecule has 2 heterocycles. The smallest absolute Gasteiger partial charge is 0.256 e. The van der Waals surface area contributed by atoms with Crippen LogP contribution in [0.4, 0.5) is 5.13 Å². The number of benzene rings is 2. The van der Waals surface area contributed by atoms with E-state index in [0.29, 0.717) is 51.2 Å². The van der Waals surface area contributed by atoms with Crippen LogP contribution in [0.15, 0.2) is 58.9 Å². The fraction of sp³-hybridized carbons (Fsp3) is 0.296. The SMILES string of the molecule is COc1cc([C@H]2C(C(=O)Nc3nc4ccccc4s3)=C(C)NC3=C2C(=O)CCC3)cc(OC)c1OC. The lowest BCUT2D eigenvalue weighted by Gasteiger charge is -2.34. The molecule has 2 N–H and O–H groups in total. The van der Waals surface area contributed by atoms with Gasteiger partial charge in [-0.3, -0.25) is 14.9 Å². The predicted molar refractivity (Wildman–Crippen MR) is 139 cm³/mol. The second kappa shape index (κ2) is 9.66. The number of hydrogen-bond donors (Lipinski definition) is 2. The fourth-order valence-corrected chi connectivity index (χ4v) is 5.84. The Morgan fingerprint density at radius 3 is 2.47 bits per heavy atom. The molecule has 0 radical (unpaired) electrons. The van der Waals surface area contributed by atoms with E-state index in [1.165, 1.54) is 18.4 Å². The van der Waals surface area contributed by atoms with Crippen LogP contribution in [0.5, 0.6) is 17.2 Å². The van der Waals surface area contributed by atoms with Gasteiger partial charge in [-0.25, -0.2) is 4.98 Å². The summed E-state index contributed by atoms with van der Waals surface area (Å²) in [6.45, 7) is 1.86. The number of fused-ring (bicyclic) bond motifs is 1. The van der Waals surface area contributed by atoms with E-state index in [2.05, 4.69) is 15.6 Å². The number of hydrogen-bond acceptors (Lipinski definition) is 8. The van der Waals surface area contributed by atoms with Gasteiger partial charge >= 0.3 is 0 Å². The molecular formula is C27H27N3O5S. The Kier molecular flexibility index (Phi) is 6.40. The molecule has 3 aromatic rings. The molecule has 8 nitrogen and oxygen atoms in total. The zero-order valence-electron chi connectivity index (χ0n) is 20.6. The van der Waals surface area contributed by atoms with E-state index in [1.807, 2.05) is 43.3 Å². The summed E-state index contributed by atoms with van der Waals surface area (Å²) in [5.41, 5.74) is 4.15. The van der Waals surface area contributed by atoms with Crippen molar-refractivity contribution < 1.29 is 23.8 Å². The van der Waals surface area contributed by atoms with E-state index in [4.69, 9.17) is 14.2 Å². The molecule has 2 aliphatic rings. The molecule has 1 atom stereocenters. The summed E-state index contributed by atoms with van der Waals surface area (Å²) in [4.78, 5) is 31.6.